The van der Waals surface area contributed by atoms with Crippen molar-refractivity contribution < 1.29 is 0 Å². The van der Waals surface area contributed by atoms with Gasteiger partial charge >= 0.3 is 0 Å². The Hall–Kier alpha value is -1.64. The number of nitrogens with one attached hydrogen (secondary N) is 1. The van der Waals surface area contributed by atoms with E-state index in [4.69, 9.17) is 5.73 Å². The van der Waals surface area contributed by atoms with Crippen LogP contribution in [0.3, 0.4) is 0 Å². The zero-order valence-corrected chi connectivity index (χ0v) is 12.3. The molecule has 6 nitrogen and oxygen atoms in total. The summed E-state index contributed by atoms with van der Waals surface area (Å²) in [6.45, 7) is 0.654. The lowest BCUT2D eigenvalue weighted by molar-refractivity contribution is 0.870. The van der Waals surface area contributed by atoms with Crippen LogP contribution in [0.15, 0.2) is 41.9 Å². The molecule has 96 valence electrons. The first-order valence-electron chi connectivity index (χ1n) is 5.19. The van der Waals surface area contributed by atoms with Crippen molar-refractivity contribution in [3.8, 4) is 5.69 Å². The molecule has 0 atom stereocenters. The van der Waals surface area contributed by atoms with E-state index in [-0.39, 0.29) is 24.0 Å². The van der Waals surface area contributed by atoms with E-state index in [1.54, 1.807) is 18.1 Å². The Morgan fingerprint density at radius 3 is 2.67 bits per heavy atom. The smallest absolute Gasteiger partial charge is 0.188 e. The van der Waals surface area contributed by atoms with Crippen LogP contribution in [-0.2, 0) is 6.54 Å². The van der Waals surface area contributed by atoms with Crippen LogP contribution in [-0.4, -0.2) is 27.8 Å². The lowest BCUT2D eigenvalue weighted by Crippen LogP contribution is -2.30. The minimum absolute atomic E-state index is 0. The van der Waals surface area contributed by atoms with E-state index in [9.17, 15) is 0 Å². The van der Waals surface area contributed by atoms with Gasteiger partial charge in [0.25, 0.3) is 0 Å². The fraction of sp³-hybridized carbons (Fsp3) is 0.182. The number of aliphatic imine (C=N–C) groups is 1. The molecule has 0 saturated carbocycles. The van der Waals surface area contributed by atoms with Crippen LogP contribution in [0.4, 0.5) is 0 Å². The molecular weight excluding hydrogens is 343 g/mol. The summed E-state index contributed by atoms with van der Waals surface area (Å²) < 4.78 is 1.71. The maximum absolute atomic E-state index is 5.54. The largest absolute Gasteiger partial charge is 0.370 e. The van der Waals surface area contributed by atoms with Crippen molar-refractivity contribution in [1.29, 1.82) is 0 Å². The van der Waals surface area contributed by atoms with Gasteiger partial charge in [-0.15, -0.1) is 24.0 Å². The predicted octanol–water partition coefficient (Wildman–Crippen LogP) is 0.919. The summed E-state index contributed by atoms with van der Waals surface area (Å²) in [6, 6.07) is 7.97. The van der Waals surface area contributed by atoms with Crippen LogP contribution >= 0.6 is 24.0 Å². The molecule has 0 unspecified atom stereocenters. The molecule has 18 heavy (non-hydrogen) atoms. The van der Waals surface area contributed by atoms with Gasteiger partial charge in [-0.25, -0.2) is 9.67 Å². The molecule has 0 radical (unpaired) electrons. The number of rotatable bonds is 3. The first-order chi connectivity index (χ1) is 8.29. The van der Waals surface area contributed by atoms with E-state index >= 15 is 0 Å². The molecule has 0 aliphatic heterocycles. The molecule has 0 amide bonds. The average molecular weight is 358 g/mol. The molecule has 7 heteroatoms. The molecule has 3 N–H and O–H groups in total. The van der Waals surface area contributed by atoms with Crippen LogP contribution in [0.25, 0.3) is 5.69 Å². The Balaban J connectivity index is 0.00000162. The van der Waals surface area contributed by atoms with Gasteiger partial charge in [0.2, 0.25) is 0 Å². The lowest BCUT2D eigenvalue weighted by atomic mass is 10.2. The number of aromatic nitrogens is 3. The predicted molar refractivity (Wildman–Crippen MR) is 81.2 cm³/mol. The van der Waals surface area contributed by atoms with Gasteiger partial charge in [0.15, 0.2) is 5.96 Å². The molecule has 0 saturated heterocycles. The minimum Gasteiger partial charge on any atom is -0.370 e. The SMILES string of the molecule is CN=C(N)NCc1ccc(-n2cncn2)cc1.I. The summed E-state index contributed by atoms with van der Waals surface area (Å²) in [5.74, 6) is 0.436. The Bertz CT molecular complexity index is 491. The summed E-state index contributed by atoms with van der Waals surface area (Å²) in [6.07, 6.45) is 3.17. The second kappa shape index (κ2) is 6.94. The van der Waals surface area contributed by atoms with Gasteiger partial charge in [0.05, 0.1) is 5.69 Å². The van der Waals surface area contributed by atoms with E-state index in [1.807, 2.05) is 24.3 Å². The number of guanidine groups is 1. The molecular formula is C11H15IN6. The molecule has 0 bridgehead atoms. The molecule has 1 heterocycles. The van der Waals surface area contributed by atoms with Gasteiger partial charge in [-0.2, -0.15) is 5.10 Å². The second-order valence-corrected chi connectivity index (χ2v) is 3.47. The summed E-state index contributed by atoms with van der Waals surface area (Å²) in [5.41, 5.74) is 7.65. The molecule has 0 spiro atoms. The van der Waals surface area contributed by atoms with Crippen molar-refractivity contribution in [2.75, 3.05) is 7.05 Å². The maximum Gasteiger partial charge on any atom is 0.188 e. The highest BCUT2D eigenvalue weighted by Crippen LogP contribution is 2.07. The van der Waals surface area contributed by atoms with Crippen molar-refractivity contribution in [3.05, 3.63) is 42.5 Å². The average Bonchev–Trinajstić information content (AvgIpc) is 2.90. The van der Waals surface area contributed by atoms with Crippen molar-refractivity contribution in [2.45, 2.75) is 6.54 Å². The van der Waals surface area contributed by atoms with E-state index < -0.39 is 0 Å². The molecule has 2 rings (SSSR count). The van der Waals surface area contributed by atoms with Crippen LogP contribution in [0.5, 0.6) is 0 Å². The van der Waals surface area contributed by atoms with Crippen molar-refractivity contribution in [2.24, 2.45) is 10.7 Å². The van der Waals surface area contributed by atoms with Gasteiger partial charge in [-0.05, 0) is 17.7 Å². The Morgan fingerprint density at radius 2 is 2.11 bits per heavy atom. The van der Waals surface area contributed by atoms with Gasteiger partial charge in [-0.3, -0.25) is 4.99 Å². The molecule has 0 aliphatic carbocycles. The normalized spacial score (nSPS) is 10.8. The lowest BCUT2D eigenvalue weighted by Gasteiger charge is -2.06. The quantitative estimate of drug-likeness (QED) is 0.486. The summed E-state index contributed by atoms with van der Waals surface area (Å²) in [4.78, 5) is 7.72. The van der Waals surface area contributed by atoms with Gasteiger partial charge in [-0.1, -0.05) is 12.1 Å². The minimum atomic E-state index is 0. The molecule has 2 aromatic rings. The van der Waals surface area contributed by atoms with E-state index in [2.05, 4.69) is 20.4 Å². The fourth-order valence-electron chi connectivity index (χ4n) is 1.38. The highest BCUT2D eigenvalue weighted by molar-refractivity contribution is 14.0. The molecule has 1 aromatic carbocycles. The number of hydrogen-bond acceptors (Lipinski definition) is 3. The second-order valence-electron chi connectivity index (χ2n) is 3.47. The van der Waals surface area contributed by atoms with Crippen molar-refractivity contribution >= 4 is 29.9 Å². The Labute approximate surface area is 122 Å². The van der Waals surface area contributed by atoms with Crippen molar-refractivity contribution in [3.63, 3.8) is 0 Å². The number of nitrogens with two attached hydrogens (primary N) is 1. The number of benzene rings is 1. The van der Waals surface area contributed by atoms with Gasteiger partial charge in [0.1, 0.15) is 12.7 Å². The Morgan fingerprint density at radius 1 is 1.39 bits per heavy atom. The molecule has 1 aromatic heterocycles. The zero-order valence-electron chi connectivity index (χ0n) is 9.95. The summed E-state index contributed by atoms with van der Waals surface area (Å²) in [7, 11) is 1.65. The topological polar surface area (TPSA) is 81.1 Å². The summed E-state index contributed by atoms with van der Waals surface area (Å²) in [5, 5.41) is 7.05. The number of halogens is 1. The monoisotopic (exact) mass is 358 g/mol. The third kappa shape index (κ3) is 3.69. The first kappa shape index (κ1) is 14.4. The van der Waals surface area contributed by atoms with E-state index in [1.165, 1.54) is 6.33 Å². The zero-order chi connectivity index (χ0) is 12.1. The molecule has 0 aliphatic rings. The van der Waals surface area contributed by atoms with E-state index in [0.29, 0.717) is 12.5 Å². The van der Waals surface area contributed by atoms with Crippen LogP contribution < -0.4 is 11.1 Å². The third-order valence-electron chi connectivity index (χ3n) is 2.33. The first-order valence-corrected chi connectivity index (χ1v) is 5.19. The fourth-order valence-corrected chi connectivity index (χ4v) is 1.38. The van der Waals surface area contributed by atoms with E-state index in [0.717, 1.165) is 11.3 Å². The van der Waals surface area contributed by atoms with Crippen LogP contribution in [0.2, 0.25) is 0 Å². The van der Waals surface area contributed by atoms with Crippen molar-refractivity contribution in [1.82, 2.24) is 20.1 Å². The van der Waals surface area contributed by atoms with Gasteiger partial charge < -0.3 is 11.1 Å². The number of nitrogens with zero attached hydrogens (tertiary/aromatic N) is 4. The highest BCUT2D eigenvalue weighted by Gasteiger charge is 1.97. The summed E-state index contributed by atoms with van der Waals surface area (Å²) >= 11 is 0. The van der Waals surface area contributed by atoms with Gasteiger partial charge in [0, 0.05) is 13.6 Å². The highest BCUT2D eigenvalue weighted by atomic mass is 127. The number of hydrogen-bond donors (Lipinski definition) is 2. The molecule has 0 fully saturated rings. The van der Waals surface area contributed by atoms with Crippen LogP contribution in [0, 0.1) is 0 Å². The third-order valence-corrected chi connectivity index (χ3v) is 2.33. The van der Waals surface area contributed by atoms with Crippen LogP contribution in [0.1, 0.15) is 5.56 Å². The maximum atomic E-state index is 5.54. The standard InChI is InChI=1S/C11H14N6.HI/c1-13-11(12)15-6-9-2-4-10(5-3-9)17-8-14-7-16-17;/h2-5,7-8H,6H2,1H3,(H3,12,13,15);1H. The Kier molecular flexibility index (Phi) is 5.56.